The third kappa shape index (κ3) is 7.99. The van der Waals surface area contributed by atoms with Crippen molar-refractivity contribution in [2.75, 3.05) is 40.0 Å². The summed E-state index contributed by atoms with van der Waals surface area (Å²) in [6.07, 6.45) is 0. The molecule has 0 atom stereocenters. The van der Waals surface area contributed by atoms with E-state index in [1.165, 1.54) is 4.90 Å². The zero-order valence-electron chi connectivity index (χ0n) is 17.3. The van der Waals surface area contributed by atoms with Crippen molar-refractivity contribution in [2.24, 2.45) is 0 Å². The summed E-state index contributed by atoms with van der Waals surface area (Å²) in [5.41, 5.74) is 0. The van der Waals surface area contributed by atoms with Gasteiger partial charge < -0.3 is 29.0 Å². The number of amides is 3. The van der Waals surface area contributed by atoms with Gasteiger partial charge in [0.05, 0.1) is 19.8 Å². The molecular weight excluding hydrogens is 366 g/mol. The second-order valence-electron chi connectivity index (χ2n) is 6.51. The topological polar surface area (TPSA) is 101 Å². The molecule has 158 valence electrons. The van der Waals surface area contributed by atoms with E-state index in [0.717, 1.165) is 5.76 Å². The van der Waals surface area contributed by atoms with Crippen LogP contribution in [-0.4, -0.2) is 73.7 Å². The second-order valence-corrected chi connectivity index (χ2v) is 6.51. The average Bonchev–Trinajstić information content (AvgIpc) is 3.05. The van der Waals surface area contributed by atoms with Crippen LogP contribution in [-0.2, 0) is 25.6 Å². The highest BCUT2D eigenvalue weighted by molar-refractivity contribution is 5.86. The number of ether oxygens (including phenoxy) is 2. The Balaban J connectivity index is 2.75. The lowest BCUT2D eigenvalue weighted by Crippen LogP contribution is -2.50. The summed E-state index contributed by atoms with van der Waals surface area (Å²) in [5.74, 6) is 0.646. The lowest BCUT2D eigenvalue weighted by atomic mass is 10.3. The van der Waals surface area contributed by atoms with Crippen LogP contribution in [0.3, 0.4) is 0 Å². The first kappa shape index (κ1) is 23.5. The Bertz CT molecular complexity index is 643. The molecule has 1 aromatic heterocycles. The minimum absolute atomic E-state index is 0.129. The maximum Gasteiger partial charge on any atom is 0.325 e. The lowest BCUT2D eigenvalue weighted by Gasteiger charge is -2.29. The van der Waals surface area contributed by atoms with Gasteiger partial charge in [0.1, 0.15) is 24.6 Å². The van der Waals surface area contributed by atoms with Crippen molar-refractivity contribution in [2.45, 2.75) is 40.3 Å². The van der Waals surface area contributed by atoms with Crippen LogP contribution in [0.2, 0.25) is 0 Å². The number of esters is 1. The number of carbonyl (C=O) groups excluding carboxylic acids is 3. The summed E-state index contributed by atoms with van der Waals surface area (Å²) in [6, 6.07) is 2.91. The normalized spacial score (nSPS) is 10.6. The molecule has 1 N–H and O–H groups in total. The van der Waals surface area contributed by atoms with Crippen LogP contribution in [0.25, 0.3) is 0 Å². The number of nitrogens with one attached hydrogen (secondary N) is 1. The van der Waals surface area contributed by atoms with Crippen molar-refractivity contribution in [1.29, 1.82) is 0 Å². The van der Waals surface area contributed by atoms with E-state index in [0.29, 0.717) is 18.9 Å². The number of urea groups is 1. The monoisotopic (exact) mass is 397 g/mol. The van der Waals surface area contributed by atoms with Gasteiger partial charge in [-0.25, -0.2) is 4.79 Å². The van der Waals surface area contributed by atoms with E-state index in [-0.39, 0.29) is 38.2 Å². The Labute approximate surface area is 165 Å². The molecule has 28 heavy (non-hydrogen) atoms. The maximum atomic E-state index is 12.8. The highest BCUT2D eigenvalue weighted by Gasteiger charge is 2.24. The molecule has 1 aromatic rings. The molecule has 0 unspecified atom stereocenters. The third-order valence-electron chi connectivity index (χ3n) is 3.94. The van der Waals surface area contributed by atoms with Gasteiger partial charge in [0.2, 0.25) is 5.91 Å². The number of methoxy groups -OCH3 is 1. The molecule has 0 aliphatic rings. The van der Waals surface area contributed by atoms with E-state index in [1.54, 1.807) is 32.8 Å². The Morgan fingerprint density at radius 1 is 1.25 bits per heavy atom. The highest BCUT2D eigenvalue weighted by Crippen LogP contribution is 2.11. The first-order chi connectivity index (χ1) is 13.3. The van der Waals surface area contributed by atoms with Crippen molar-refractivity contribution in [3.63, 3.8) is 0 Å². The number of rotatable bonds is 11. The van der Waals surface area contributed by atoms with Crippen molar-refractivity contribution in [1.82, 2.24) is 15.1 Å². The zero-order chi connectivity index (χ0) is 21.1. The Morgan fingerprint density at radius 2 is 1.96 bits per heavy atom. The van der Waals surface area contributed by atoms with Crippen molar-refractivity contribution >= 4 is 17.9 Å². The summed E-state index contributed by atoms with van der Waals surface area (Å²) in [7, 11) is 1.56. The standard InChI is InChI=1S/C19H31N3O6/c1-6-27-18(24)11-20-19(25)22(14(2)3)13-17(23)21(9-10-26-5)12-16-8-7-15(4)28-16/h7-8,14H,6,9-13H2,1-5H3,(H,20,25). The smallest absolute Gasteiger partial charge is 0.325 e. The molecule has 0 spiro atoms. The fourth-order valence-electron chi connectivity index (χ4n) is 2.45. The second kappa shape index (κ2) is 12.0. The third-order valence-corrected chi connectivity index (χ3v) is 3.94. The fraction of sp³-hybridized carbons (Fsp3) is 0.632. The largest absolute Gasteiger partial charge is 0.465 e. The molecule has 0 fully saturated rings. The van der Waals surface area contributed by atoms with Gasteiger partial charge in [0, 0.05) is 19.7 Å². The number of nitrogens with zero attached hydrogens (tertiary/aromatic N) is 2. The summed E-state index contributed by atoms with van der Waals surface area (Å²) < 4.78 is 15.4. The van der Waals surface area contributed by atoms with Gasteiger partial charge in [-0.1, -0.05) is 0 Å². The minimum atomic E-state index is -0.527. The predicted octanol–water partition coefficient (Wildman–Crippen LogP) is 1.55. The van der Waals surface area contributed by atoms with Crippen LogP contribution in [0.15, 0.2) is 16.5 Å². The number of hydrogen-bond donors (Lipinski definition) is 1. The number of hydrogen-bond acceptors (Lipinski definition) is 6. The SMILES string of the molecule is CCOC(=O)CNC(=O)N(CC(=O)N(CCOC)Cc1ccc(C)o1)C(C)C. The lowest BCUT2D eigenvalue weighted by molar-refractivity contribution is -0.141. The summed E-state index contributed by atoms with van der Waals surface area (Å²) >= 11 is 0. The Hall–Kier alpha value is -2.55. The zero-order valence-corrected chi connectivity index (χ0v) is 17.3. The van der Waals surface area contributed by atoms with E-state index < -0.39 is 12.0 Å². The molecule has 0 aromatic carbocycles. The Morgan fingerprint density at radius 3 is 2.50 bits per heavy atom. The van der Waals surface area contributed by atoms with Crippen LogP contribution >= 0.6 is 0 Å². The van der Waals surface area contributed by atoms with Crippen molar-refractivity contribution in [3.05, 3.63) is 23.7 Å². The van der Waals surface area contributed by atoms with E-state index in [2.05, 4.69) is 5.32 Å². The molecule has 0 saturated heterocycles. The van der Waals surface area contributed by atoms with Gasteiger partial charge in [-0.2, -0.15) is 0 Å². The average molecular weight is 397 g/mol. The fourth-order valence-corrected chi connectivity index (χ4v) is 2.45. The molecule has 0 saturated carbocycles. The Kier molecular flexibility index (Phi) is 10.1. The maximum absolute atomic E-state index is 12.8. The molecule has 0 aliphatic carbocycles. The van der Waals surface area contributed by atoms with Crippen LogP contribution in [0.4, 0.5) is 4.79 Å². The molecule has 1 rings (SSSR count). The molecule has 9 heteroatoms. The van der Waals surface area contributed by atoms with Gasteiger partial charge in [0.25, 0.3) is 0 Å². The molecule has 9 nitrogen and oxygen atoms in total. The van der Waals surface area contributed by atoms with E-state index in [1.807, 2.05) is 19.1 Å². The summed E-state index contributed by atoms with van der Waals surface area (Å²) in [5, 5.41) is 2.49. The van der Waals surface area contributed by atoms with Gasteiger partial charge in [-0.05, 0) is 39.8 Å². The number of carbonyl (C=O) groups is 3. The minimum Gasteiger partial charge on any atom is -0.465 e. The van der Waals surface area contributed by atoms with Gasteiger partial charge in [-0.15, -0.1) is 0 Å². The molecule has 0 radical (unpaired) electrons. The van der Waals surface area contributed by atoms with E-state index >= 15 is 0 Å². The number of furan rings is 1. The molecule has 0 bridgehead atoms. The van der Waals surface area contributed by atoms with Crippen LogP contribution in [0, 0.1) is 6.92 Å². The van der Waals surface area contributed by atoms with Crippen molar-refractivity contribution < 1.29 is 28.3 Å². The molecule has 1 heterocycles. The molecule has 0 aliphatic heterocycles. The first-order valence-electron chi connectivity index (χ1n) is 9.30. The first-order valence-corrected chi connectivity index (χ1v) is 9.30. The highest BCUT2D eigenvalue weighted by atomic mass is 16.5. The van der Waals surface area contributed by atoms with Gasteiger partial charge >= 0.3 is 12.0 Å². The van der Waals surface area contributed by atoms with Crippen molar-refractivity contribution in [3.8, 4) is 0 Å². The van der Waals surface area contributed by atoms with Crippen LogP contribution in [0.5, 0.6) is 0 Å². The molecular formula is C19H31N3O6. The summed E-state index contributed by atoms with van der Waals surface area (Å²) in [4.78, 5) is 39.6. The quantitative estimate of drug-likeness (QED) is 0.569. The summed E-state index contributed by atoms with van der Waals surface area (Å²) in [6.45, 7) is 7.99. The van der Waals surface area contributed by atoms with Crippen LogP contribution in [0.1, 0.15) is 32.3 Å². The number of aryl methyl sites for hydroxylation is 1. The van der Waals surface area contributed by atoms with Crippen LogP contribution < -0.4 is 5.32 Å². The van der Waals surface area contributed by atoms with E-state index in [4.69, 9.17) is 13.9 Å². The molecule has 3 amide bonds. The predicted molar refractivity (Wildman–Crippen MR) is 103 cm³/mol. The van der Waals surface area contributed by atoms with Gasteiger partial charge in [-0.3, -0.25) is 9.59 Å². The van der Waals surface area contributed by atoms with Gasteiger partial charge in [0.15, 0.2) is 0 Å². The van der Waals surface area contributed by atoms with E-state index in [9.17, 15) is 14.4 Å².